The average Bonchev–Trinajstić information content (AvgIpc) is 1.29. The zero-order valence-electron chi connectivity index (χ0n) is 57.2. The molecule has 0 radical (unpaired) electrons. The van der Waals surface area contributed by atoms with Crippen LogP contribution in [0.5, 0.6) is 5.75 Å². The Balaban J connectivity index is 0.00000982. The molecule has 1 N–H and O–H groups in total. The van der Waals surface area contributed by atoms with Crippen molar-refractivity contribution in [3.05, 3.63) is 192 Å². The first kappa shape index (κ1) is 29.5. The van der Waals surface area contributed by atoms with Crippen molar-refractivity contribution < 1.29 is 52.2 Å². The van der Waals surface area contributed by atoms with E-state index in [2.05, 4.69) is 6.07 Å². The van der Waals surface area contributed by atoms with E-state index >= 15 is 0 Å². The third-order valence-electron chi connectivity index (χ3n) is 12.2. The Morgan fingerprint density at radius 2 is 1.22 bits per heavy atom. The fraction of sp³-hybridized carbons (Fsp3) is 0.238. The minimum Gasteiger partial charge on any atom is -0.507 e. The van der Waals surface area contributed by atoms with Gasteiger partial charge in [0.2, 0.25) is 0 Å². The number of imidazole rings is 1. The first-order chi connectivity index (χ1) is 39.6. The summed E-state index contributed by atoms with van der Waals surface area (Å²) >= 11 is 0. The largest absolute Gasteiger partial charge is 0.507 e. The predicted molar refractivity (Wildman–Crippen MR) is 282 cm³/mol. The third kappa shape index (κ3) is 9.54. The molecule has 7 aromatic carbocycles. The van der Waals surface area contributed by atoms with Gasteiger partial charge in [-0.1, -0.05) is 208 Å². The van der Waals surface area contributed by atoms with E-state index in [0.717, 1.165) is 33.9 Å². The van der Waals surface area contributed by atoms with Crippen LogP contribution in [0.3, 0.4) is 0 Å². The molecule has 0 spiro atoms. The second-order valence-corrected chi connectivity index (χ2v) is 18.3. The number of aromatic nitrogens is 3. The molecule has 346 valence electrons. The zero-order valence-corrected chi connectivity index (χ0v) is 40.5. The summed E-state index contributed by atoms with van der Waals surface area (Å²) in [5.41, 5.74) is -3.58. The van der Waals surface area contributed by atoms with Crippen LogP contribution in [-0.2, 0) is 37.3 Å². The van der Waals surface area contributed by atoms with Crippen molar-refractivity contribution in [2.75, 3.05) is 0 Å². The Hall–Kier alpha value is -6.35. The van der Waals surface area contributed by atoms with E-state index in [1.165, 1.54) is 4.57 Å². The molecule has 0 bridgehead atoms. The summed E-state index contributed by atoms with van der Waals surface area (Å²) < 4.78 is 169. The number of hydrogen-bond acceptors (Lipinski definition) is 3. The van der Waals surface area contributed by atoms with Crippen LogP contribution >= 0.6 is 0 Å². The molecule has 0 unspecified atom stereocenters. The smallest absolute Gasteiger partial charge is 0.148 e. The molecule has 0 fully saturated rings. The van der Waals surface area contributed by atoms with Crippen LogP contribution in [0.15, 0.2) is 164 Å². The van der Waals surface area contributed by atoms with Gasteiger partial charge in [-0.25, -0.2) is 4.98 Å². The number of para-hydroxylation sites is 1. The minimum atomic E-state index is -4.16. The van der Waals surface area contributed by atoms with E-state index < -0.39 is 91.5 Å². The molecule has 2 aromatic heterocycles. The summed E-state index contributed by atoms with van der Waals surface area (Å²) in [6, 6.07) is 49.0. The van der Waals surface area contributed by atoms with Crippen LogP contribution in [0.25, 0.3) is 83.9 Å². The van der Waals surface area contributed by atoms with Crippen LogP contribution in [0, 0.1) is 6.07 Å². The van der Waals surface area contributed by atoms with Gasteiger partial charge >= 0.3 is 0 Å². The Kier molecular flexibility index (Phi) is 8.08. The summed E-state index contributed by atoms with van der Waals surface area (Å²) in [4.78, 5) is 10.0. The average molecular weight is 1090 g/mol. The van der Waals surface area contributed by atoms with Crippen LogP contribution in [0.1, 0.15) is 130 Å². The van der Waals surface area contributed by atoms with Crippen molar-refractivity contribution >= 4 is 11.0 Å². The Labute approximate surface area is 445 Å². The number of phenolic OH excluding ortho intramolecular Hbond substituents is 1. The van der Waals surface area contributed by atoms with Crippen molar-refractivity contribution in [1.29, 1.82) is 0 Å². The van der Waals surface area contributed by atoms with Gasteiger partial charge in [-0.05, 0) is 91.4 Å². The standard InChI is InChI=1S/C63H62N3O.Pt/c1-40(2)41-25-27-43(28-26-41)45-31-32-64-55(36-45)48-34-46(42-19-14-12-15-20-42)33-47(35-48)51-23-18-24-57-58(51)65-60(53-38-50(62(6,7)8)39-54(59(53)67)63(9,10)11)66(57)56-30-29-49(61(3,4)5)37-52(56)44-21-16-13-17-22-44;/h12-34,36-40,67H,1-11H3;/q-1;/i6D3,7D3,8D3,9D3,10D3,11D3,40D;. The van der Waals surface area contributed by atoms with Crippen molar-refractivity contribution in [3.8, 4) is 78.6 Å². The van der Waals surface area contributed by atoms with Gasteiger partial charge in [0.05, 0.1) is 22.3 Å². The van der Waals surface area contributed by atoms with Gasteiger partial charge < -0.3 is 5.11 Å². The van der Waals surface area contributed by atoms with Gasteiger partial charge in [0, 0.05) is 70.1 Å². The maximum atomic E-state index is 13.1. The van der Waals surface area contributed by atoms with Crippen molar-refractivity contribution in [1.82, 2.24) is 14.5 Å². The number of hydrogen-bond donors (Lipinski definition) is 1. The van der Waals surface area contributed by atoms with Gasteiger partial charge in [-0.2, -0.15) is 0 Å². The van der Waals surface area contributed by atoms with Crippen molar-refractivity contribution in [2.45, 2.75) is 97.9 Å². The van der Waals surface area contributed by atoms with Crippen LogP contribution in [0.2, 0.25) is 0 Å². The van der Waals surface area contributed by atoms with Gasteiger partial charge in [0.25, 0.3) is 0 Å². The number of aromatic hydroxyl groups is 1. The topological polar surface area (TPSA) is 50.9 Å². The third-order valence-corrected chi connectivity index (χ3v) is 12.2. The van der Waals surface area contributed by atoms with E-state index in [-0.39, 0.29) is 32.1 Å². The molecular weight excluding hydrogens is 1010 g/mol. The molecular formula is C63H62N3OPt-. The molecule has 2 heterocycles. The fourth-order valence-corrected chi connectivity index (χ4v) is 8.50. The Morgan fingerprint density at radius 1 is 0.574 bits per heavy atom. The number of fused-ring (bicyclic) bond motifs is 1. The number of pyridine rings is 1. The predicted octanol–water partition coefficient (Wildman–Crippen LogP) is 16.9. The first-order valence-electron chi connectivity index (χ1n) is 31.5. The van der Waals surface area contributed by atoms with E-state index in [1.54, 1.807) is 42.6 Å². The molecule has 68 heavy (non-hydrogen) atoms. The molecule has 0 amide bonds. The number of benzene rings is 7. The molecule has 9 rings (SSSR count). The molecule has 0 atom stereocenters. The van der Waals surface area contributed by atoms with Gasteiger partial charge in [-0.15, -0.1) is 23.8 Å². The van der Waals surface area contributed by atoms with Gasteiger partial charge in [0.15, 0.2) is 0 Å². The zero-order chi connectivity index (χ0) is 63.3. The van der Waals surface area contributed by atoms with Crippen LogP contribution in [-0.4, -0.2) is 19.6 Å². The Morgan fingerprint density at radius 3 is 1.88 bits per heavy atom. The Bertz CT molecular complexity index is 3930. The summed E-state index contributed by atoms with van der Waals surface area (Å²) in [5.74, 6) is -2.63. The monoisotopic (exact) mass is 1090 g/mol. The van der Waals surface area contributed by atoms with Crippen molar-refractivity contribution in [3.63, 3.8) is 0 Å². The maximum Gasteiger partial charge on any atom is 0.148 e. The van der Waals surface area contributed by atoms with E-state index in [9.17, 15) is 5.11 Å². The van der Waals surface area contributed by atoms with E-state index in [0.29, 0.717) is 50.8 Å². The number of rotatable bonds is 8. The van der Waals surface area contributed by atoms with Crippen LogP contribution < -0.4 is 0 Å². The second kappa shape index (κ2) is 18.6. The summed E-state index contributed by atoms with van der Waals surface area (Å²) in [6.45, 7) is -15.0. The normalized spacial score (nSPS) is 17.5. The quantitative estimate of drug-likeness (QED) is 0.154. The molecule has 0 aliphatic carbocycles. The molecule has 0 aliphatic rings. The molecule has 5 heteroatoms. The van der Waals surface area contributed by atoms with Crippen molar-refractivity contribution in [2.24, 2.45) is 0 Å². The second-order valence-electron chi connectivity index (χ2n) is 18.3. The minimum absolute atomic E-state index is 0. The van der Waals surface area contributed by atoms with E-state index in [1.807, 2.05) is 144 Å². The molecule has 9 aromatic rings. The summed E-state index contributed by atoms with van der Waals surface area (Å²) in [6.07, 6.45) is 1.67. The number of phenols is 1. The maximum absolute atomic E-state index is 13.1. The summed E-state index contributed by atoms with van der Waals surface area (Å²) in [7, 11) is 0. The van der Waals surface area contributed by atoms with Crippen LogP contribution in [0.4, 0.5) is 0 Å². The van der Waals surface area contributed by atoms with E-state index in [4.69, 9.17) is 36.0 Å². The molecule has 4 nitrogen and oxygen atoms in total. The first-order valence-corrected chi connectivity index (χ1v) is 22.0. The molecule has 0 saturated heterocycles. The molecule has 0 aliphatic heterocycles. The van der Waals surface area contributed by atoms with Gasteiger partial charge in [0.1, 0.15) is 11.6 Å². The molecule has 0 saturated carbocycles. The van der Waals surface area contributed by atoms with Gasteiger partial charge in [-0.3, -0.25) is 9.55 Å². The SMILES string of the molecule is [2H]C(C)(C)c1ccc(-c2ccnc(-c3[c-]c(-c4cccc5c4nc(-c4cc(C(C([2H])([2H])[2H])(C([2H])([2H])[2H])C([2H])([2H])[2H])cc(C(C([2H])([2H])[2H])(C([2H])([2H])[2H])C([2H])([2H])[2H])c4O)n5-c4ccc(C(C)(C)C)cc4-c4ccccc4)cc(-c4ccccc4)c3)c2)cc1.[Pt]. The number of nitrogens with zero attached hydrogens (tertiary/aromatic N) is 3. The summed E-state index contributed by atoms with van der Waals surface area (Å²) in [5, 5.41) is 13.1. The fourth-order valence-electron chi connectivity index (χ4n) is 8.50.